The van der Waals surface area contributed by atoms with Crippen molar-refractivity contribution in [1.29, 1.82) is 0 Å². The second-order valence-electron chi connectivity index (χ2n) is 8.25. The molecule has 0 N–H and O–H groups in total. The molecule has 0 aliphatic carbocycles. The molecule has 0 saturated carbocycles. The Balaban J connectivity index is 1.43. The van der Waals surface area contributed by atoms with Gasteiger partial charge in [-0.2, -0.15) is 17.5 Å². The highest BCUT2D eigenvalue weighted by Crippen LogP contribution is 2.44. The van der Waals surface area contributed by atoms with Crippen molar-refractivity contribution in [2.24, 2.45) is 0 Å². The third kappa shape index (κ3) is 3.33. The molecule has 3 unspecified atom stereocenters. The van der Waals surface area contributed by atoms with Gasteiger partial charge in [-0.15, -0.1) is 0 Å². The highest BCUT2D eigenvalue weighted by molar-refractivity contribution is 7.89. The Labute approximate surface area is 176 Å². The Kier molecular flexibility index (Phi) is 4.47. The Morgan fingerprint density at radius 3 is 2.45 bits per heavy atom. The van der Waals surface area contributed by atoms with Crippen LogP contribution in [0.1, 0.15) is 6.42 Å². The van der Waals surface area contributed by atoms with Crippen LogP contribution < -0.4 is 4.90 Å². The maximum atomic E-state index is 12.8. The molecule has 3 aliphatic rings. The van der Waals surface area contributed by atoms with Gasteiger partial charge in [0.2, 0.25) is 10.0 Å². The maximum Gasteiger partial charge on any atom is 0.404 e. The predicted molar refractivity (Wildman–Crippen MR) is 107 cm³/mol. The van der Waals surface area contributed by atoms with Crippen molar-refractivity contribution in [3.8, 4) is 0 Å². The number of alkyl halides is 3. The van der Waals surface area contributed by atoms with E-state index in [9.17, 15) is 31.7 Å². The first-order chi connectivity index (χ1) is 14.5. The van der Waals surface area contributed by atoms with E-state index >= 15 is 0 Å². The molecule has 3 saturated heterocycles. The van der Waals surface area contributed by atoms with Gasteiger partial charge >= 0.3 is 6.18 Å². The number of piperazine rings is 1. The fourth-order valence-electron chi connectivity index (χ4n) is 5.31. The third-order valence-corrected chi connectivity index (χ3v) is 8.30. The highest BCUT2D eigenvalue weighted by Gasteiger charge is 2.58. The van der Waals surface area contributed by atoms with Crippen LogP contribution in [0.2, 0.25) is 0 Å². The van der Waals surface area contributed by atoms with E-state index in [1.165, 1.54) is 6.07 Å². The molecule has 0 spiro atoms. The summed E-state index contributed by atoms with van der Waals surface area (Å²) < 4.78 is 64.1. The zero-order valence-corrected chi connectivity index (χ0v) is 17.0. The summed E-state index contributed by atoms with van der Waals surface area (Å²) in [4.78, 5) is 15.1. The molecule has 0 aromatic heterocycles. The van der Waals surface area contributed by atoms with Gasteiger partial charge in [-0.1, -0.05) is 18.2 Å². The van der Waals surface area contributed by atoms with Crippen molar-refractivity contribution in [3.63, 3.8) is 0 Å². The van der Waals surface area contributed by atoms with Gasteiger partial charge in [-0.25, -0.2) is 8.42 Å². The van der Waals surface area contributed by atoms with E-state index in [4.69, 9.17) is 0 Å². The lowest BCUT2D eigenvalue weighted by molar-refractivity contribution is -0.383. The largest absolute Gasteiger partial charge is 0.404 e. The summed E-state index contributed by atoms with van der Waals surface area (Å²) in [5.41, 5.74) is 0.795. The van der Waals surface area contributed by atoms with Crippen molar-refractivity contribution in [2.75, 3.05) is 30.4 Å². The van der Waals surface area contributed by atoms with Crippen molar-refractivity contribution in [2.45, 2.75) is 30.7 Å². The first-order valence-electron chi connectivity index (χ1n) is 9.78. The van der Waals surface area contributed by atoms with E-state index in [1.807, 2.05) is 4.90 Å². The number of fused-ring (bicyclic) bond motifs is 6. The number of anilines is 1. The molecule has 12 heteroatoms. The molecule has 8 nitrogen and oxygen atoms in total. The van der Waals surface area contributed by atoms with Crippen LogP contribution in [0, 0.1) is 10.1 Å². The minimum Gasteiger partial charge on any atom is -0.356 e. The van der Waals surface area contributed by atoms with Crippen molar-refractivity contribution in [1.82, 2.24) is 9.21 Å². The lowest BCUT2D eigenvalue weighted by atomic mass is 10.1. The lowest BCUT2D eigenvalue weighted by Gasteiger charge is -2.35. The Hall–Kier alpha value is -2.44. The van der Waals surface area contributed by atoms with Crippen LogP contribution >= 0.6 is 0 Å². The van der Waals surface area contributed by atoms with Crippen LogP contribution in [0.3, 0.4) is 0 Å². The summed E-state index contributed by atoms with van der Waals surface area (Å²) >= 11 is 0. The molecule has 166 valence electrons. The second kappa shape index (κ2) is 6.78. The zero-order valence-electron chi connectivity index (χ0n) is 16.2. The summed E-state index contributed by atoms with van der Waals surface area (Å²) in [5.74, 6) is -1.84. The van der Waals surface area contributed by atoms with Crippen LogP contribution in [0.5, 0.6) is 0 Å². The number of sulfonamides is 1. The first-order valence-corrected chi connectivity index (χ1v) is 11.4. The molecule has 3 fully saturated rings. The second-order valence-corrected chi connectivity index (χ2v) is 10.2. The molecular weight excluding hydrogens is 437 g/mol. The summed E-state index contributed by atoms with van der Waals surface area (Å²) in [6.45, 7) is 1.01. The molecule has 2 aromatic rings. The molecule has 2 aromatic carbocycles. The molecule has 2 bridgehead atoms. The maximum absolute atomic E-state index is 12.8. The number of non-ortho nitro benzene ring substituents is 1. The molecule has 0 radical (unpaired) electrons. The van der Waals surface area contributed by atoms with Crippen LogP contribution in [-0.2, 0) is 10.0 Å². The van der Waals surface area contributed by atoms with Crippen LogP contribution in [-0.4, -0.2) is 72.4 Å². The Bertz CT molecular complexity index is 1170. The number of halogens is 3. The zero-order chi connectivity index (χ0) is 22.1. The standard InChI is InChI=1S/C19H19F3N4O4S/c20-19(21,22)10-31(29,30)25-8-12-7-17(25)18-9-23(11-24(12)18)15-5-6-16(26(27)28)14-4-2-1-3-13(14)15/h1-6,12,17-18H,7-11H2. The van der Waals surface area contributed by atoms with Crippen molar-refractivity contribution in [3.05, 3.63) is 46.5 Å². The summed E-state index contributed by atoms with van der Waals surface area (Å²) in [6, 6.07) is 9.31. The van der Waals surface area contributed by atoms with Crippen molar-refractivity contribution < 1.29 is 26.5 Å². The Morgan fingerprint density at radius 2 is 1.77 bits per heavy atom. The van der Waals surface area contributed by atoms with Gasteiger partial charge in [-0.3, -0.25) is 15.0 Å². The molecule has 3 atom stereocenters. The van der Waals surface area contributed by atoms with E-state index < -0.39 is 32.9 Å². The number of nitrogens with zero attached hydrogens (tertiary/aromatic N) is 4. The number of hydrogen-bond donors (Lipinski definition) is 0. The average molecular weight is 456 g/mol. The minimum atomic E-state index is -4.78. The third-order valence-electron chi connectivity index (χ3n) is 6.47. The van der Waals surface area contributed by atoms with E-state index in [0.717, 1.165) is 9.99 Å². The lowest BCUT2D eigenvalue weighted by Crippen LogP contribution is -2.54. The van der Waals surface area contributed by atoms with Gasteiger partial charge in [0.05, 0.1) is 17.0 Å². The molecule has 31 heavy (non-hydrogen) atoms. The van der Waals surface area contributed by atoms with Crippen molar-refractivity contribution >= 4 is 32.2 Å². The first kappa shape index (κ1) is 20.5. The molecule has 5 rings (SSSR count). The topological polar surface area (TPSA) is 87.0 Å². The summed E-state index contributed by atoms with van der Waals surface area (Å²) in [7, 11) is -4.43. The van der Waals surface area contributed by atoms with E-state index in [1.54, 1.807) is 30.3 Å². The molecular formula is C19H19F3N4O4S. The summed E-state index contributed by atoms with van der Waals surface area (Å²) in [6.07, 6.45) is -4.25. The minimum absolute atomic E-state index is 0.00327. The van der Waals surface area contributed by atoms with Gasteiger partial charge in [0.1, 0.15) is 0 Å². The van der Waals surface area contributed by atoms with Gasteiger partial charge in [-0.05, 0) is 18.6 Å². The highest BCUT2D eigenvalue weighted by atomic mass is 32.2. The van der Waals surface area contributed by atoms with E-state index in [2.05, 4.69) is 4.90 Å². The molecule has 0 amide bonds. The normalized spacial score (nSPS) is 26.7. The number of nitro groups is 1. The Morgan fingerprint density at radius 1 is 1.06 bits per heavy atom. The van der Waals surface area contributed by atoms with Crippen LogP contribution in [0.4, 0.5) is 24.5 Å². The number of hydrogen-bond acceptors (Lipinski definition) is 6. The van der Waals surface area contributed by atoms with Crippen LogP contribution in [0.25, 0.3) is 10.8 Å². The number of nitro benzene ring substituents is 1. The van der Waals surface area contributed by atoms with E-state index in [0.29, 0.717) is 30.4 Å². The molecule has 3 heterocycles. The average Bonchev–Trinajstić information content (AvgIpc) is 3.36. The fraction of sp³-hybridized carbons (Fsp3) is 0.474. The van der Waals surface area contributed by atoms with Gasteiger partial charge < -0.3 is 4.90 Å². The summed E-state index contributed by atoms with van der Waals surface area (Å²) in [5, 5.41) is 12.6. The quantitative estimate of drug-likeness (QED) is 0.519. The van der Waals surface area contributed by atoms with Crippen LogP contribution in [0.15, 0.2) is 36.4 Å². The predicted octanol–water partition coefficient (Wildman–Crippen LogP) is 2.54. The monoisotopic (exact) mass is 456 g/mol. The number of rotatable bonds is 4. The van der Waals surface area contributed by atoms with Gasteiger partial charge in [0.15, 0.2) is 5.75 Å². The van der Waals surface area contributed by atoms with E-state index in [-0.39, 0.29) is 24.3 Å². The fourth-order valence-corrected chi connectivity index (χ4v) is 6.93. The number of benzene rings is 2. The smallest absolute Gasteiger partial charge is 0.356 e. The van der Waals surface area contributed by atoms with Gasteiger partial charge in [0.25, 0.3) is 5.69 Å². The SMILES string of the molecule is O=[N+]([O-])c1ccc(N2CC3C4CC(CN4S(=O)(=O)CC(F)(F)F)N3C2)c2ccccc12. The molecule has 3 aliphatic heterocycles. The van der Waals surface area contributed by atoms with Gasteiger partial charge in [0, 0.05) is 48.4 Å².